The van der Waals surface area contributed by atoms with E-state index in [1.807, 2.05) is 4.90 Å². The lowest BCUT2D eigenvalue weighted by atomic mass is 9.91. The van der Waals surface area contributed by atoms with E-state index in [9.17, 15) is 18.7 Å². The number of aliphatic carboxylic acids is 1. The average Bonchev–Trinajstić information content (AvgIpc) is 2.70. The van der Waals surface area contributed by atoms with Crippen molar-refractivity contribution in [2.24, 2.45) is 5.92 Å². The van der Waals surface area contributed by atoms with Crippen LogP contribution in [0.25, 0.3) is 0 Å². The monoisotopic (exact) mass is 469 g/mol. The van der Waals surface area contributed by atoms with Gasteiger partial charge in [0.25, 0.3) is 0 Å². The minimum absolute atomic E-state index is 0.313. The first-order chi connectivity index (χ1) is 13.8. The molecule has 5 nitrogen and oxygen atoms in total. The molecule has 2 aromatic rings. The SMILES string of the molecule is COc1cc(Br)c(C(c2ccc(F)cc2F)N2CCC(C(=O)O)CC2)cc1OC. The molecule has 0 saturated carbocycles. The predicted octanol–water partition coefficient (Wildman–Crippen LogP) is 4.63. The smallest absolute Gasteiger partial charge is 0.306 e. The van der Waals surface area contributed by atoms with Gasteiger partial charge in [0.05, 0.1) is 26.2 Å². The number of methoxy groups -OCH3 is 2. The molecular formula is C21H22BrF2NO4. The van der Waals surface area contributed by atoms with E-state index in [2.05, 4.69) is 15.9 Å². The minimum Gasteiger partial charge on any atom is -0.493 e. The molecule has 29 heavy (non-hydrogen) atoms. The molecule has 1 N–H and O–H groups in total. The van der Waals surface area contributed by atoms with E-state index < -0.39 is 29.6 Å². The molecule has 1 unspecified atom stereocenters. The molecule has 1 fully saturated rings. The quantitative estimate of drug-likeness (QED) is 0.668. The van der Waals surface area contributed by atoms with Crippen molar-refractivity contribution in [3.05, 3.63) is 57.6 Å². The topological polar surface area (TPSA) is 59.0 Å². The molecule has 0 bridgehead atoms. The molecule has 0 aliphatic carbocycles. The number of hydrogen-bond acceptors (Lipinski definition) is 4. The van der Waals surface area contributed by atoms with E-state index in [1.165, 1.54) is 26.4 Å². The largest absolute Gasteiger partial charge is 0.493 e. The molecule has 3 rings (SSSR count). The predicted molar refractivity (Wildman–Crippen MR) is 107 cm³/mol. The van der Waals surface area contributed by atoms with Gasteiger partial charge in [0, 0.05) is 16.1 Å². The molecule has 2 aromatic carbocycles. The summed E-state index contributed by atoms with van der Waals surface area (Å²) < 4.78 is 39.7. The lowest BCUT2D eigenvalue weighted by Gasteiger charge is -2.37. The number of piperidine rings is 1. The van der Waals surface area contributed by atoms with Gasteiger partial charge in [-0.15, -0.1) is 0 Å². The van der Waals surface area contributed by atoms with Gasteiger partial charge < -0.3 is 14.6 Å². The Morgan fingerprint density at radius 1 is 1.10 bits per heavy atom. The summed E-state index contributed by atoms with van der Waals surface area (Å²) in [6, 6.07) is 6.48. The van der Waals surface area contributed by atoms with E-state index in [4.69, 9.17) is 9.47 Å². The first-order valence-corrected chi connectivity index (χ1v) is 9.98. The number of ether oxygens (including phenoxy) is 2. The molecule has 156 valence electrons. The molecule has 0 aromatic heterocycles. The van der Waals surface area contributed by atoms with E-state index in [0.29, 0.717) is 47.5 Å². The number of rotatable bonds is 6. The standard InChI is InChI=1S/C21H22BrF2NO4/c1-28-18-10-15(16(22)11-19(18)29-2)20(14-4-3-13(23)9-17(14)24)25-7-5-12(6-8-25)21(26)27/h3-4,9-12,20H,5-8H2,1-2H3,(H,26,27). The first kappa shape index (κ1) is 21.5. The normalized spacial score (nSPS) is 16.4. The third-order valence-corrected chi connectivity index (χ3v) is 5.99. The Labute approximate surface area is 176 Å². The zero-order valence-electron chi connectivity index (χ0n) is 16.1. The van der Waals surface area contributed by atoms with Crippen LogP contribution in [0.4, 0.5) is 8.78 Å². The Kier molecular flexibility index (Phi) is 6.74. The molecule has 1 atom stereocenters. The Hall–Kier alpha value is -2.19. The highest BCUT2D eigenvalue weighted by Gasteiger charge is 2.33. The number of benzene rings is 2. The van der Waals surface area contributed by atoms with Crippen LogP contribution in [-0.2, 0) is 4.79 Å². The fourth-order valence-corrected chi connectivity index (χ4v) is 4.31. The highest BCUT2D eigenvalue weighted by atomic mass is 79.9. The van der Waals surface area contributed by atoms with Crippen LogP contribution < -0.4 is 9.47 Å². The zero-order chi connectivity index (χ0) is 21.1. The van der Waals surface area contributed by atoms with Crippen molar-refractivity contribution in [3.63, 3.8) is 0 Å². The summed E-state index contributed by atoms with van der Waals surface area (Å²) in [6.45, 7) is 0.943. The first-order valence-electron chi connectivity index (χ1n) is 9.19. The van der Waals surface area contributed by atoms with Crippen LogP contribution in [0, 0.1) is 17.6 Å². The van der Waals surface area contributed by atoms with Gasteiger partial charge in [0.1, 0.15) is 11.6 Å². The van der Waals surface area contributed by atoms with E-state index in [-0.39, 0.29) is 0 Å². The maximum Gasteiger partial charge on any atom is 0.306 e. The van der Waals surface area contributed by atoms with Crippen molar-refractivity contribution in [3.8, 4) is 11.5 Å². The summed E-state index contributed by atoms with van der Waals surface area (Å²) in [5.74, 6) is -1.54. The summed E-state index contributed by atoms with van der Waals surface area (Å²) in [6.07, 6.45) is 0.916. The Morgan fingerprint density at radius 2 is 1.72 bits per heavy atom. The van der Waals surface area contributed by atoms with Gasteiger partial charge in [-0.2, -0.15) is 0 Å². The fraction of sp³-hybridized carbons (Fsp3) is 0.381. The maximum atomic E-state index is 14.8. The van der Waals surface area contributed by atoms with Crippen LogP contribution in [0.3, 0.4) is 0 Å². The summed E-state index contributed by atoms with van der Waals surface area (Å²) in [5.41, 5.74) is 1.04. The molecule has 1 heterocycles. The molecule has 0 radical (unpaired) electrons. The van der Waals surface area contributed by atoms with E-state index in [0.717, 1.165) is 11.6 Å². The zero-order valence-corrected chi connectivity index (χ0v) is 17.7. The van der Waals surface area contributed by atoms with Crippen molar-refractivity contribution in [1.29, 1.82) is 0 Å². The second-order valence-corrected chi connectivity index (χ2v) is 7.80. The Bertz CT molecular complexity index is 900. The fourth-order valence-electron chi connectivity index (χ4n) is 3.77. The van der Waals surface area contributed by atoms with Gasteiger partial charge in [0.15, 0.2) is 11.5 Å². The average molecular weight is 470 g/mol. The van der Waals surface area contributed by atoms with Crippen LogP contribution in [0.1, 0.15) is 30.0 Å². The Morgan fingerprint density at radius 3 is 2.28 bits per heavy atom. The van der Waals surface area contributed by atoms with Crippen molar-refractivity contribution < 1.29 is 28.2 Å². The molecular weight excluding hydrogens is 448 g/mol. The number of carbonyl (C=O) groups is 1. The summed E-state index contributed by atoms with van der Waals surface area (Å²) in [4.78, 5) is 13.3. The van der Waals surface area contributed by atoms with Gasteiger partial charge in [-0.3, -0.25) is 9.69 Å². The van der Waals surface area contributed by atoms with Gasteiger partial charge in [-0.25, -0.2) is 8.78 Å². The lowest BCUT2D eigenvalue weighted by Crippen LogP contribution is -2.39. The lowest BCUT2D eigenvalue weighted by molar-refractivity contribution is -0.143. The summed E-state index contributed by atoms with van der Waals surface area (Å²) in [5, 5.41) is 9.28. The highest BCUT2D eigenvalue weighted by molar-refractivity contribution is 9.10. The van der Waals surface area contributed by atoms with Gasteiger partial charge in [-0.05, 0) is 49.7 Å². The number of carboxylic acids is 1. The minimum atomic E-state index is -0.818. The molecule has 1 aliphatic rings. The van der Waals surface area contributed by atoms with Crippen LogP contribution >= 0.6 is 15.9 Å². The van der Waals surface area contributed by atoms with Gasteiger partial charge >= 0.3 is 5.97 Å². The van der Waals surface area contributed by atoms with Crippen LogP contribution in [0.5, 0.6) is 11.5 Å². The molecule has 1 aliphatic heterocycles. The third-order valence-electron chi connectivity index (χ3n) is 5.30. The van der Waals surface area contributed by atoms with Crippen molar-refractivity contribution >= 4 is 21.9 Å². The summed E-state index contributed by atoms with van der Waals surface area (Å²) >= 11 is 3.54. The van der Waals surface area contributed by atoms with Crippen LogP contribution in [0.2, 0.25) is 0 Å². The number of carboxylic acid groups (broad SMARTS) is 1. The van der Waals surface area contributed by atoms with Crippen LogP contribution in [-0.4, -0.2) is 43.3 Å². The number of nitrogens with zero attached hydrogens (tertiary/aromatic N) is 1. The van der Waals surface area contributed by atoms with Gasteiger partial charge in [-0.1, -0.05) is 22.0 Å². The van der Waals surface area contributed by atoms with Crippen LogP contribution in [0.15, 0.2) is 34.8 Å². The van der Waals surface area contributed by atoms with E-state index >= 15 is 0 Å². The number of likely N-dealkylation sites (tertiary alicyclic amines) is 1. The Balaban J connectivity index is 2.08. The molecule has 8 heteroatoms. The number of hydrogen-bond donors (Lipinski definition) is 1. The maximum absolute atomic E-state index is 14.8. The highest BCUT2D eigenvalue weighted by Crippen LogP contribution is 2.42. The van der Waals surface area contributed by atoms with Crippen molar-refractivity contribution in [1.82, 2.24) is 4.90 Å². The van der Waals surface area contributed by atoms with Gasteiger partial charge in [0.2, 0.25) is 0 Å². The van der Waals surface area contributed by atoms with E-state index in [1.54, 1.807) is 12.1 Å². The van der Waals surface area contributed by atoms with Crippen molar-refractivity contribution in [2.45, 2.75) is 18.9 Å². The number of halogens is 3. The molecule has 1 saturated heterocycles. The third kappa shape index (κ3) is 4.53. The van der Waals surface area contributed by atoms with Crippen molar-refractivity contribution in [2.75, 3.05) is 27.3 Å². The second-order valence-electron chi connectivity index (χ2n) is 6.95. The molecule has 0 amide bonds. The second kappa shape index (κ2) is 9.09. The molecule has 0 spiro atoms. The summed E-state index contributed by atoms with van der Waals surface area (Å²) in [7, 11) is 3.04.